The summed E-state index contributed by atoms with van der Waals surface area (Å²) in [6.45, 7) is 0. The van der Waals surface area contributed by atoms with E-state index < -0.39 is 11.6 Å². The third kappa shape index (κ3) is 2.49. The smallest absolute Gasteiger partial charge is 0.189 e. The molecule has 0 aliphatic carbocycles. The van der Waals surface area contributed by atoms with E-state index in [2.05, 4.69) is 31.5 Å². The number of nitrogen functional groups attached to an aromatic ring is 1. The Balaban J connectivity index is 2.14. The van der Waals surface area contributed by atoms with Crippen molar-refractivity contribution in [2.45, 2.75) is 0 Å². The molecular weight excluding hydrogens is 344 g/mol. The fourth-order valence-corrected chi connectivity index (χ4v) is 2.13. The average Bonchev–Trinajstić information content (AvgIpc) is 2.91. The van der Waals surface area contributed by atoms with Crippen LogP contribution < -0.4 is 5.73 Å². The van der Waals surface area contributed by atoms with Gasteiger partial charge in [-0.3, -0.25) is 0 Å². The summed E-state index contributed by atoms with van der Waals surface area (Å²) in [7, 11) is 0. The predicted octanol–water partition coefficient (Wildman–Crippen LogP) is 2.95. The lowest BCUT2D eigenvalue weighted by Gasteiger charge is -2.07. The van der Waals surface area contributed by atoms with Gasteiger partial charge in [0, 0.05) is 17.3 Å². The third-order valence-electron chi connectivity index (χ3n) is 2.87. The minimum atomic E-state index is -0.454. The van der Waals surface area contributed by atoms with Crippen LogP contribution in [-0.4, -0.2) is 20.2 Å². The van der Waals surface area contributed by atoms with Gasteiger partial charge in [0.15, 0.2) is 5.82 Å². The van der Waals surface area contributed by atoms with Crippen LogP contribution in [-0.2, 0) is 0 Å². The van der Waals surface area contributed by atoms with Gasteiger partial charge in [-0.1, -0.05) is 0 Å². The molecule has 0 radical (unpaired) electrons. The number of anilines is 1. The lowest BCUT2D eigenvalue weighted by molar-refractivity contribution is 0.618. The number of nitrogens with zero attached hydrogens (tertiary/aromatic N) is 4. The molecule has 3 aromatic rings. The number of halogens is 3. The van der Waals surface area contributed by atoms with Gasteiger partial charge in [-0.25, -0.2) is 8.78 Å². The molecule has 21 heavy (non-hydrogen) atoms. The Hall–Kier alpha value is -2.35. The highest BCUT2D eigenvalue weighted by Gasteiger charge is 2.15. The highest BCUT2D eigenvalue weighted by Crippen LogP contribution is 2.27. The van der Waals surface area contributed by atoms with Gasteiger partial charge in [-0.2, -0.15) is 4.68 Å². The van der Waals surface area contributed by atoms with Gasteiger partial charge >= 0.3 is 0 Å². The standard InChI is InChI=1S/C13H8BrF2N5/c14-10-4-2-8(6-11(10)16)21-13(18-19-20-21)9-3-1-7(15)5-12(9)17/h1-6H,17H2. The predicted molar refractivity (Wildman–Crippen MR) is 76.6 cm³/mol. The average molecular weight is 352 g/mol. The van der Waals surface area contributed by atoms with Crippen molar-refractivity contribution in [1.29, 1.82) is 0 Å². The second-order valence-corrected chi connectivity index (χ2v) is 5.10. The Bertz CT molecular complexity index is 818. The molecule has 0 amide bonds. The summed E-state index contributed by atoms with van der Waals surface area (Å²) in [4.78, 5) is 0. The number of aromatic nitrogens is 4. The number of nitrogens with two attached hydrogens (primary N) is 1. The van der Waals surface area contributed by atoms with Crippen LogP contribution in [0.15, 0.2) is 40.9 Å². The van der Waals surface area contributed by atoms with Gasteiger partial charge in [0.2, 0.25) is 0 Å². The van der Waals surface area contributed by atoms with Crippen molar-refractivity contribution in [2.24, 2.45) is 0 Å². The monoisotopic (exact) mass is 351 g/mol. The molecule has 1 heterocycles. The van der Waals surface area contributed by atoms with Crippen molar-refractivity contribution < 1.29 is 8.78 Å². The minimum Gasteiger partial charge on any atom is -0.398 e. The molecular formula is C13H8BrF2N5. The summed E-state index contributed by atoms with van der Waals surface area (Å²) in [6.07, 6.45) is 0. The Morgan fingerprint density at radius 1 is 1.10 bits per heavy atom. The molecule has 106 valence electrons. The Kier molecular flexibility index (Phi) is 3.38. The van der Waals surface area contributed by atoms with Crippen molar-refractivity contribution in [3.63, 3.8) is 0 Å². The van der Waals surface area contributed by atoms with Gasteiger partial charge < -0.3 is 5.73 Å². The van der Waals surface area contributed by atoms with Crippen molar-refractivity contribution in [3.8, 4) is 17.1 Å². The molecule has 0 unspecified atom stereocenters. The number of hydrogen-bond acceptors (Lipinski definition) is 4. The zero-order valence-electron chi connectivity index (χ0n) is 10.5. The first kappa shape index (κ1) is 13.6. The first-order chi connectivity index (χ1) is 10.1. The van der Waals surface area contributed by atoms with Crippen LogP contribution in [0.2, 0.25) is 0 Å². The normalized spacial score (nSPS) is 10.8. The molecule has 0 fully saturated rings. The largest absolute Gasteiger partial charge is 0.398 e. The van der Waals surface area contributed by atoms with Gasteiger partial charge in [0.1, 0.15) is 11.6 Å². The van der Waals surface area contributed by atoms with Crippen LogP contribution in [0.3, 0.4) is 0 Å². The maximum absolute atomic E-state index is 13.6. The fraction of sp³-hybridized carbons (Fsp3) is 0. The molecule has 0 saturated carbocycles. The van der Waals surface area contributed by atoms with Crippen molar-refractivity contribution in [2.75, 3.05) is 5.73 Å². The van der Waals surface area contributed by atoms with Gasteiger partial charge in [-0.15, -0.1) is 5.10 Å². The zero-order valence-corrected chi connectivity index (χ0v) is 12.1. The first-order valence-electron chi connectivity index (χ1n) is 5.85. The summed E-state index contributed by atoms with van der Waals surface area (Å²) in [5.74, 6) is -0.597. The van der Waals surface area contributed by atoms with E-state index in [9.17, 15) is 8.78 Å². The van der Waals surface area contributed by atoms with E-state index in [-0.39, 0.29) is 5.69 Å². The number of benzene rings is 2. The number of hydrogen-bond donors (Lipinski definition) is 1. The summed E-state index contributed by atoms with van der Waals surface area (Å²) in [5, 5.41) is 11.3. The second kappa shape index (κ2) is 5.21. The maximum Gasteiger partial charge on any atom is 0.189 e. The van der Waals surface area contributed by atoms with Crippen LogP contribution in [0.25, 0.3) is 17.1 Å². The summed E-state index contributed by atoms with van der Waals surface area (Å²) in [6, 6.07) is 8.38. The molecule has 5 nitrogen and oxygen atoms in total. The lowest BCUT2D eigenvalue weighted by atomic mass is 10.1. The molecule has 0 aliphatic rings. The van der Waals surface area contributed by atoms with E-state index in [1.807, 2.05) is 0 Å². The van der Waals surface area contributed by atoms with Crippen molar-refractivity contribution >= 4 is 21.6 Å². The topological polar surface area (TPSA) is 69.6 Å². The van der Waals surface area contributed by atoms with Crippen molar-refractivity contribution in [1.82, 2.24) is 20.2 Å². The minimum absolute atomic E-state index is 0.198. The third-order valence-corrected chi connectivity index (χ3v) is 3.51. The van der Waals surface area contributed by atoms with Crippen LogP contribution >= 0.6 is 15.9 Å². The van der Waals surface area contributed by atoms with Crippen LogP contribution in [0.1, 0.15) is 0 Å². The molecule has 0 bridgehead atoms. The summed E-state index contributed by atoms with van der Waals surface area (Å²) in [5.41, 5.74) is 6.87. The van der Waals surface area contributed by atoms with Crippen molar-refractivity contribution in [3.05, 3.63) is 52.5 Å². The number of rotatable bonds is 2. The van der Waals surface area contributed by atoms with E-state index >= 15 is 0 Å². The van der Waals surface area contributed by atoms with Crippen LogP contribution in [0.4, 0.5) is 14.5 Å². The summed E-state index contributed by atoms with van der Waals surface area (Å²) >= 11 is 3.08. The van der Waals surface area contributed by atoms with Crippen LogP contribution in [0, 0.1) is 11.6 Å². The molecule has 0 atom stereocenters. The zero-order chi connectivity index (χ0) is 15.0. The summed E-state index contributed by atoms with van der Waals surface area (Å²) < 4.78 is 28.4. The Morgan fingerprint density at radius 3 is 2.62 bits per heavy atom. The van der Waals surface area contributed by atoms with Gasteiger partial charge in [0.05, 0.1) is 10.2 Å². The highest BCUT2D eigenvalue weighted by atomic mass is 79.9. The molecule has 2 aromatic carbocycles. The van der Waals surface area contributed by atoms with E-state index in [0.717, 1.165) is 0 Å². The maximum atomic E-state index is 13.6. The molecule has 0 aliphatic heterocycles. The van der Waals surface area contributed by atoms with E-state index in [1.54, 1.807) is 12.1 Å². The molecule has 8 heteroatoms. The molecule has 1 aromatic heterocycles. The Labute approximate surface area is 126 Å². The molecule has 0 spiro atoms. The van der Waals surface area contributed by atoms with Gasteiger partial charge in [0.25, 0.3) is 0 Å². The number of tetrazole rings is 1. The highest BCUT2D eigenvalue weighted by molar-refractivity contribution is 9.10. The molecule has 3 rings (SSSR count). The van der Waals surface area contributed by atoms with E-state index in [1.165, 1.54) is 28.9 Å². The van der Waals surface area contributed by atoms with E-state index in [0.29, 0.717) is 21.5 Å². The van der Waals surface area contributed by atoms with E-state index in [4.69, 9.17) is 5.73 Å². The molecule has 2 N–H and O–H groups in total. The quantitative estimate of drug-likeness (QED) is 0.720. The van der Waals surface area contributed by atoms with Gasteiger partial charge in [-0.05, 0) is 56.7 Å². The first-order valence-corrected chi connectivity index (χ1v) is 6.65. The lowest BCUT2D eigenvalue weighted by Crippen LogP contribution is -2.02. The molecule has 0 saturated heterocycles. The second-order valence-electron chi connectivity index (χ2n) is 4.24. The van der Waals surface area contributed by atoms with Crippen LogP contribution in [0.5, 0.6) is 0 Å². The SMILES string of the molecule is Nc1cc(F)ccc1-c1nnnn1-c1ccc(Br)c(F)c1. The fourth-order valence-electron chi connectivity index (χ4n) is 1.88. The Morgan fingerprint density at radius 2 is 1.90 bits per heavy atom.